The van der Waals surface area contributed by atoms with Crippen molar-refractivity contribution in [1.29, 1.82) is 0 Å². The summed E-state index contributed by atoms with van der Waals surface area (Å²) < 4.78 is 33.9. The predicted molar refractivity (Wildman–Crippen MR) is 129 cm³/mol. The summed E-state index contributed by atoms with van der Waals surface area (Å²) in [5.41, 5.74) is 2.75. The Bertz CT molecular complexity index is 1040. The van der Waals surface area contributed by atoms with Crippen molar-refractivity contribution in [1.82, 2.24) is 0 Å². The first kappa shape index (κ1) is 24.3. The van der Waals surface area contributed by atoms with Crippen molar-refractivity contribution in [2.75, 3.05) is 52.9 Å². The number of benzene rings is 2. The minimum atomic E-state index is -0.404. The molecule has 0 saturated carbocycles. The molecule has 2 aromatic carbocycles. The van der Waals surface area contributed by atoms with Crippen LogP contribution in [-0.4, -0.2) is 64.9 Å². The van der Waals surface area contributed by atoms with E-state index in [4.69, 9.17) is 28.4 Å². The molecule has 182 valence electrons. The van der Waals surface area contributed by atoms with Crippen molar-refractivity contribution in [3.63, 3.8) is 0 Å². The molecule has 0 aromatic heterocycles. The third-order valence-corrected chi connectivity index (χ3v) is 5.61. The van der Waals surface area contributed by atoms with Gasteiger partial charge in [0.1, 0.15) is 37.4 Å². The zero-order valence-electron chi connectivity index (χ0n) is 19.7. The van der Waals surface area contributed by atoms with E-state index in [9.17, 15) is 4.79 Å². The van der Waals surface area contributed by atoms with Gasteiger partial charge >= 0.3 is 5.97 Å². The highest BCUT2D eigenvalue weighted by molar-refractivity contribution is 5.96. The standard InChI is InChI=1S/C27H32O7/c1-19(2)27(28)32-16-14-30-12-11-29-13-15-31-25-21-7-3-5-9-23(21)26(34-18-20-17-33-20)24-10-6-4-8-22(24)25/h3-7,9,20H,1,8,10-18H2,2H3. The molecule has 4 rings (SSSR count). The molecule has 7 heteroatoms. The van der Waals surface area contributed by atoms with Crippen LogP contribution in [0.4, 0.5) is 0 Å². The minimum Gasteiger partial charge on any atom is -0.490 e. The molecule has 1 heterocycles. The van der Waals surface area contributed by atoms with Gasteiger partial charge < -0.3 is 28.4 Å². The van der Waals surface area contributed by atoms with Gasteiger partial charge in [0, 0.05) is 27.5 Å². The van der Waals surface area contributed by atoms with E-state index in [0.717, 1.165) is 41.7 Å². The lowest BCUT2D eigenvalue weighted by Gasteiger charge is -2.23. The molecule has 0 radical (unpaired) electrons. The number of hydrogen-bond donors (Lipinski definition) is 0. The van der Waals surface area contributed by atoms with Crippen molar-refractivity contribution in [2.24, 2.45) is 0 Å². The molecule has 1 aliphatic carbocycles. The number of esters is 1. The molecule has 0 amide bonds. The second kappa shape index (κ2) is 12.0. The molecule has 1 saturated heterocycles. The number of allylic oxidation sites excluding steroid dienone is 2. The van der Waals surface area contributed by atoms with Gasteiger partial charge in [-0.05, 0) is 19.8 Å². The Morgan fingerprint density at radius 1 is 0.912 bits per heavy atom. The lowest BCUT2D eigenvalue weighted by Crippen LogP contribution is -2.15. The first-order valence-corrected chi connectivity index (χ1v) is 11.7. The highest BCUT2D eigenvalue weighted by Crippen LogP contribution is 2.43. The Labute approximate surface area is 200 Å². The zero-order valence-corrected chi connectivity index (χ0v) is 19.7. The molecule has 0 N–H and O–H groups in total. The van der Waals surface area contributed by atoms with Crippen LogP contribution >= 0.6 is 0 Å². The molecule has 0 bridgehead atoms. The molecule has 1 fully saturated rings. The summed E-state index contributed by atoms with van der Waals surface area (Å²) in [6.45, 7) is 8.77. The fourth-order valence-corrected chi connectivity index (χ4v) is 3.82. The summed E-state index contributed by atoms with van der Waals surface area (Å²) in [6.07, 6.45) is 6.21. The molecule has 1 aliphatic heterocycles. The van der Waals surface area contributed by atoms with E-state index < -0.39 is 5.97 Å². The highest BCUT2D eigenvalue weighted by Gasteiger charge is 2.26. The largest absolute Gasteiger partial charge is 0.490 e. The first-order chi connectivity index (χ1) is 16.6. The number of hydrogen-bond acceptors (Lipinski definition) is 7. The minimum absolute atomic E-state index is 0.203. The summed E-state index contributed by atoms with van der Waals surface area (Å²) in [6, 6.07) is 8.22. The maximum absolute atomic E-state index is 11.3. The van der Waals surface area contributed by atoms with Crippen LogP contribution in [0.15, 0.2) is 48.6 Å². The van der Waals surface area contributed by atoms with Crippen LogP contribution in [0.25, 0.3) is 10.8 Å². The normalized spacial score (nSPS) is 16.2. The lowest BCUT2D eigenvalue weighted by atomic mass is 9.90. The van der Waals surface area contributed by atoms with E-state index in [1.807, 2.05) is 12.1 Å². The van der Waals surface area contributed by atoms with E-state index in [0.29, 0.717) is 45.2 Å². The van der Waals surface area contributed by atoms with Crippen LogP contribution in [0.2, 0.25) is 0 Å². The molecular formula is C27H32O7. The average Bonchev–Trinajstić information content (AvgIpc) is 3.68. The highest BCUT2D eigenvalue weighted by atomic mass is 16.6. The van der Waals surface area contributed by atoms with Gasteiger partial charge in [-0.25, -0.2) is 4.79 Å². The number of rotatable bonds is 14. The van der Waals surface area contributed by atoms with Crippen LogP contribution in [0.3, 0.4) is 0 Å². The Kier molecular flexibility index (Phi) is 8.57. The van der Waals surface area contributed by atoms with Gasteiger partial charge in [-0.15, -0.1) is 0 Å². The number of epoxide rings is 1. The smallest absolute Gasteiger partial charge is 0.333 e. The summed E-state index contributed by atoms with van der Waals surface area (Å²) in [5.74, 6) is 1.45. The van der Waals surface area contributed by atoms with Gasteiger partial charge in [-0.1, -0.05) is 43.0 Å². The van der Waals surface area contributed by atoms with Gasteiger partial charge in [0.25, 0.3) is 0 Å². The third kappa shape index (κ3) is 6.38. The number of fused-ring (bicyclic) bond motifs is 2. The number of carbonyl (C=O) groups excluding carboxylic acids is 1. The van der Waals surface area contributed by atoms with Gasteiger partial charge in [-0.3, -0.25) is 0 Å². The van der Waals surface area contributed by atoms with E-state index >= 15 is 0 Å². The number of carbonyl (C=O) groups is 1. The summed E-state index contributed by atoms with van der Waals surface area (Å²) >= 11 is 0. The average molecular weight is 469 g/mol. The fraction of sp³-hybridized carbons (Fsp3) is 0.444. The van der Waals surface area contributed by atoms with Crippen molar-refractivity contribution in [3.8, 4) is 11.5 Å². The zero-order chi connectivity index (χ0) is 23.8. The Morgan fingerprint density at radius 2 is 1.47 bits per heavy atom. The van der Waals surface area contributed by atoms with Crippen molar-refractivity contribution >= 4 is 16.7 Å². The quantitative estimate of drug-likeness (QED) is 0.137. The Hall–Kier alpha value is -2.87. The Balaban J connectivity index is 1.28. The summed E-state index contributed by atoms with van der Waals surface area (Å²) in [4.78, 5) is 11.3. The van der Waals surface area contributed by atoms with Gasteiger partial charge in [0.15, 0.2) is 0 Å². The second-order valence-electron chi connectivity index (χ2n) is 8.30. The molecule has 1 atom stereocenters. The lowest BCUT2D eigenvalue weighted by molar-refractivity contribution is -0.140. The maximum Gasteiger partial charge on any atom is 0.333 e. The van der Waals surface area contributed by atoms with Crippen molar-refractivity contribution in [3.05, 3.63) is 59.7 Å². The monoisotopic (exact) mass is 468 g/mol. The van der Waals surface area contributed by atoms with E-state index in [1.165, 1.54) is 11.1 Å². The maximum atomic E-state index is 11.3. The van der Waals surface area contributed by atoms with Crippen LogP contribution in [0, 0.1) is 0 Å². The van der Waals surface area contributed by atoms with E-state index in [2.05, 4.69) is 30.9 Å². The van der Waals surface area contributed by atoms with Gasteiger partial charge in [0.05, 0.1) is 33.0 Å². The molecular weight excluding hydrogens is 436 g/mol. The first-order valence-electron chi connectivity index (χ1n) is 11.7. The van der Waals surface area contributed by atoms with E-state index in [1.54, 1.807) is 6.92 Å². The molecule has 7 nitrogen and oxygen atoms in total. The molecule has 34 heavy (non-hydrogen) atoms. The fourth-order valence-electron chi connectivity index (χ4n) is 3.82. The molecule has 2 aliphatic rings. The van der Waals surface area contributed by atoms with Crippen LogP contribution < -0.4 is 9.47 Å². The van der Waals surface area contributed by atoms with Gasteiger partial charge in [-0.2, -0.15) is 0 Å². The molecule has 1 unspecified atom stereocenters. The number of ether oxygens (including phenoxy) is 6. The van der Waals surface area contributed by atoms with Crippen LogP contribution in [0.1, 0.15) is 18.1 Å². The van der Waals surface area contributed by atoms with Crippen molar-refractivity contribution in [2.45, 2.75) is 25.9 Å². The summed E-state index contributed by atoms with van der Waals surface area (Å²) in [5, 5.41) is 2.12. The van der Waals surface area contributed by atoms with Crippen molar-refractivity contribution < 1.29 is 33.2 Å². The van der Waals surface area contributed by atoms with Crippen LogP contribution in [-0.2, 0) is 36.6 Å². The Morgan fingerprint density at radius 3 is 2.06 bits per heavy atom. The van der Waals surface area contributed by atoms with E-state index in [-0.39, 0.29) is 12.7 Å². The third-order valence-electron chi connectivity index (χ3n) is 5.61. The topological polar surface area (TPSA) is 75.8 Å². The van der Waals surface area contributed by atoms with Crippen LogP contribution in [0.5, 0.6) is 11.5 Å². The molecule has 2 aromatic rings. The molecule has 0 spiro atoms. The SMILES string of the molecule is C=C(C)C(=O)OCCOCCOCCOc1c2c(c(OCC3CO3)c3ccccc13)CC=CC2. The predicted octanol–water partition coefficient (Wildman–Crippen LogP) is 3.80. The summed E-state index contributed by atoms with van der Waals surface area (Å²) in [7, 11) is 0. The second-order valence-corrected chi connectivity index (χ2v) is 8.30. The van der Waals surface area contributed by atoms with Gasteiger partial charge in [0.2, 0.25) is 0 Å².